The van der Waals surface area contributed by atoms with E-state index in [1.165, 1.54) is 0 Å². The Labute approximate surface area is 69.2 Å². The van der Waals surface area contributed by atoms with Crippen LogP contribution in [-0.4, -0.2) is 42.3 Å². The molecule has 3 nitrogen and oxygen atoms in total. The van der Waals surface area contributed by atoms with Gasteiger partial charge in [0.05, 0.1) is 6.61 Å². The molecule has 0 saturated heterocycles. The maximum absolute atomic E-state index is 9.01. The molecule has 0 aromatic heterocycles. The Morgan fingerprint density at radius 3 is 2.27 bits per heavy atom. The number of rotatable bonds is 5. The molecular formula is C8H20N2O. The summed E-state index contributed by atoms with van der Waals surface area (Å²) >= 11 is 0. The molecule has 0 aliphatic rings. The second-order valence-corrected chi connectivity index (χ2v) is 2.90. The van der Waals surface area contributed by atoms with E-state index in [1.54, 1.807) is 0 Å². The van der Waals surface area contributed by atoms with E-state index in [1.807, 2.05) is 14.0 Å². The molecule has 0 saturated carbocycles. The highest BCUT2D eigenvalue weighted by Crippen LogP contribution is 2.02. The van der Waals surface area contributed by atoms with E-state index < -0.39 is 0 Å². The van der Waals surface area contributed by atoms with E-state index >= 15 is 0 Å². The average molecular weight is 160 g/mol. The summed E-state index contributed by atoms with van der Waals surface area (Å²) < 4.78 is 0. The number of aliphatic hydroxyl groups is 1. The van der Waals surface area contributed by atoms with E-state index in [9.17, 15) is 0 Å². The van der Waals surface area contributed by atoms with Gasteiger partial charge in [0.1, 0.15) is 0 Å². The van der Waals surface area contributed by atoms with Crippen molar-refractivity contribution in [3.05, 3.63) is 0 Å². The molecule has 2 atom stereocenters. The molecule has 0 aliphatic heterocycles. The summed E-state index contributed by atoms with van der Waals surface area (Å²) in [4.78, 5) is 2.08. The van der Waals surface area contributed by atoms with Gasteiger partial charge in [-0.2, -0.15) is 0 Å². The standard InChI is InChI=1S/C8H20N2O/c1-4-7(9)8(6-11)10(3)5-2/h7-8,11H,4-6,9H2,1-3H3. The topological polar surface area (TPSA) is 49.5 Å². The Hall–Kier alpha value is -0.120. The highest BCUT2D eigenvalue weighted by molar-refractivity contribution is 4.77. The molecule has 0 rings (SSSR count). The number of nitrogens with two attached hydrogens (primary N) is 1. The first kappa shape index (κ1) is 10.9. The predicted octanol–water partition coefficient (Wildman–Crippen LogP) is 0.0363. The Balaban J connectivity index is 3.92. The number of hydrogen-bond acceptors (Lipinski definition) is 3. The zero-order valence-corrected chi connectivity index (χ0v) is 7.75. The third-order valence-electron chi connectivity index (χ3n) is 2.22. The van der Waals surface area contributed by atoms with Crippen LogP contribution in [0.25, 0.3) is 0 Å². The Morgan fingerprint density at radius 1 is 1.45 bits per heavy atom. The van der Waals surface area contributed by atoms with Crippen molar-refractivity contribution >= 4 is 0 Å². The lowest BCUT2D eigenvalue weighted by Gasteiger charge is -2.29. The second-order valence-electron chi connectivity index (χ2n) is 2.90. The quantitative estimate of drug-likeness (QED) is 0.597. The predicted molar refractivity (Wildman–Crippen MR) is 47.4 cm³/mol. The van der Waals surface area contributed by atoms with Crippen molar-refractivity contribution in [3.63, 3.8) is 0 Å². The van der Waals surface area contributed by atoms with Crippen LogP contribution in [0, 0.1) is 0 Å². The van der Waals surface area contributed by atoms with Gasteiger partial charge in [0, 0.05) is 12.1 Å². The van der Waals surface area contributed by atoms with E-state index in [0.29, 0.717) is 0 Å². The molecule has 3 N–H and O–H groups in total. The van der Waals surface area contributed by atoms with Crippen LogP contribution in [0.15, 0.2) is 0 Å². The smallest absolute Gasteiger partial charge is 0.0601 e. The van der Waals surface area contributed by atoms with Crippen molar-refractivity contribution in [3.8, 4) is 0 Å². The first-order valence-electron chi connectivity index (χ1n) is 4.24. The molecule has 0 heterocycles. The molecule has 3 heteroatoms. The van der Waals surface area contributed by atoms with Gasteiger partial charge in [-0.3, -0.25) is 4.90 Å². The van der Waals surface area contributed by atoms with E-state index in [4.69, 9.17) is 10.8 Å². The molecule has 11 heavy (non-hydrogen) atoms. The molecular weight excluding hydrogens is 140 g/mol. The SMILES string of the molecule is CCC(N)C(CO)N(C)CC. The highest BCUT2D eigenvalue weighted by Gasteiger charge is 2.18. The van der Waals surface area contributed by atoms with Gasteiger partial charge in [0.2, 0.25) is 0 Å². The zero-order valence-electron chi connectivity index (χ0n) is 7.75. The minimum absolute atomic E-state index is 0.0879. The minimum atomic E-state index is 0.0879. The van der Waals surface area contributed by atoms with Crippen LogP contribution in [0.3, 0.4) is 0 Å². The summed E-state index contributed by atoms with van der Waals surface area (Å²) in [7, 11) is 1.98. The number of likely N-dealkylation sites (N-methyl/N-ethyl adjacent to an activating group) is 1. The van der Waals surface area contributed by atoms with E-state index in [-0.39, 0.29) is 18.7 Å². The summed E-state index contributed by atoms with van der Waals surface area (Å²) in [5, 5.41) is 9.01. The van der Waals surface area contributed by atoms with Crippen molar-refractivity contribution in [2.45, 2.75) is 32.4 Å². The molecule has 0 aliphatic carbocycles. The number of hydrogen-bond donors (Lipinski definition) is 2. The van der Waals surface area contributed by atoms with Crippen molar-refractivity contribution in [2.24, 2.45) is 5.73 Å². The second kappa shape index (κ2) is 5.52. The van der Waals surface area contributed by atoms with Gasteiger partial charge in [-0.15, -0.1) is 0 Å². The third kappa shape index (κ3) is 3.18. The van der Waals surface area contributed by atoms with Crippen molar-refractivity contribution < 1.29 is 5.11 Å². The molecule has 0 fully saturated rings. The molecule has 0 aromatic rings. The van der Waals surface area contributed by atoms with Gasteiger partial charge in [0.15, 0.2) is 0 Å². The lowest BCUT2D eigenvalue weighted by molar-refractivity contribution is 0.130. The maximum atomic E-state index is 9.01. The highest BCUT2D eigenvalue weighted by atomic mass is 16.3. The van der Waals surface area contributed by atoms with Crippen LogP contribution in [0.1, 0.15) is 20.3 Å². The molecule has 0 aromatic carbocycles. The fourth-order valence-corrected chi connectivity index (χ4v) is 1.11. The third-order valence-corrected chi connectivity index (χ3v) is 2.22. The van der Waals surface area contributed by atoms with E-state index in [0.717, 1.165) is 13.0 Å². The van der Waals surface area contributed by atoms with Gasteiger partial charge in [0.25, 0.3) is 0 Å². The maximum Gasteiger partial charge on any atom is 0.0601 e. The van der Waals surface area contributed by atoms with Crippen LogP contribution >= 0.6 is 0 Å². The van der Waals surface area contributed by atoms with Crippen LogP contribution in [0.4, 0.5) is 0 Å². The Kier molecular flexibility index (Phi) is 5.46. The summed E-state index contributed by atoms with van der Waals surface area (Å²) in [6.45, 7) is 5.18. The van der Waals surface area contributed by atoms with Crippen LogP contribution < -0.4 is 5.73 Å². The zero-order chi connectivity index (χ0) is 8.85. The molecule has 68 valence electrons. The summed E-state index contributed by atoms with van der Waals surface area (Å²) in [5.41, 5.74) is 5.80. The van der Waals surface area contributed by atoms with Crippen LogP contribution in [0.2, 0.25) is 0 Å². The molecule has 2 unspecified atom stereocenters. The van der Waals surface area contributed by atoms with Gasteiger partial charge >= 0.3 is 0 Å². The summed E-state index contributed by atoms with van der Waals surface area (Å²) in [5.74, 6) is 0. The first-order chi connectivity index (χ1) is 5.17. The number of nitrogens with zero attached hydrogens (tertiary/aromatic N) is 1. The summed E-state index contributed by atoms with van der Waals surface area (Å²) in [6, 6.07) is 0.204. The fraction of sp³-hybridized carbons (Fsp3) is 1.00. The van der Waals surface area contributed by atoms with Crippen molar-refractivity contribution in [1.29, 1.82) is 0 Å². The summed E-state index contributed by atoms with van der Waals surface area (Å²) in [6.07, 6.45) is 0.912. The number of aliphatic hydroxyl groups excluding tert-OH is 1. The van der Waals surface area contributed by atoms with Crippen molar-refractivity contribution in [1.82, 2.24) is 4.90 Å². The molecule has 0 radical (unpaired) electrons. The molecule has 0 amide bonds. The lowest BCUT2D eigenvalue weighted by atomic mass is 10.1. The normalized spacial score (nSPS) is 16.9. The van der Waals surface area contributed by atoms with Crippen LogP contribution in [-0.2, 0) is 0 Å². The average Bonchev–Trinajstić information content (AvgIpc) is 2.05. The Bertz CT molecular complexity index is 88.1. The fourth-order valence-electron chi connectivity index (χ4n) is 1.11. The van der Waals surface area contributed by atoms with Gasteiger partial charge in [-0.1, -0.05) is 13.8 Å². The van der Waals surface area contributed by atoms with Gasteiger partial charge < -0.3 is 10.8 Å². The van der Waals surface area contributed by atoms with Gasteiger partial charge in [-0.05, 0) is 20.0 Å². The van der Waals surface area contributed by atoms with Crippen LogP contribution in [0.5, 0.6) is 0 Å². The Morgan fingerprint density at radius 2 is 2.00 bits per heavy atom. The van der Waals surface area contributed by atoms with E-state index in [2.05, 4.69) is 11.8 Å². The minimum Gasteiger partial charge on any atom is -0.395 e. The monoisotopic (exact) mass is 160 g/mol. The van der Waals surface area contributed by atoms with Crippen molar-refractivity contribution in [2.75, 3.05) is 20.2 Å². The molecule has 0 bridgehead atoms. The van der Waals surface area contributed by atoms with Gasteiger partial charge in [-0.25, -0.2) is 0 Å². The lowest BCUT2D eigenvalue weighted by Crippen LogP contribution is -2.47. The largest absolute Gasteiger partial charge is 0.395 e. The molecule has 0 spiro atoms. The first-order valence-corrected chi connectivity index (χ1v) is 4.24.